The Labute approximate surface area is 65.7 Å². The van der Waals surface area contributed by atoms with Crippen molar-refractivity contribution in [3.05, 3.63) is 36.3 Å². The summed E-state index contributed by atoms with van der Waals surface area (Å²) >= 11 is 0. The molecule has 0 spiro atoms. The Balaban J connectivity index is 2.86. The van der Waals surface area contributed by atoms with Gasteiger partial charge in [0.25, 0.3) is 5.65 Å². The molecule has 0 unspecified atom stereocenters. The average Bonchev–Trinajstić information content (AvgIpc) is 2.32. The molecular weight excluding hydrogens is 136 g/mol. The Morgan fingerprint density at radius 3 is 3.00 bits per heavy atom. The van der Waals surface area contributed by atoms with Crippen LogP contribution in [-0.4, -0.2) is 4.40 Å². The van der Waals surface area contributed by atoms with E-state index < -0.39 is 0 Å². The van der Waals surface area contributed by atoms with Crippen molar-refractivity contribution in [3.8, 4) is 0 Å². The lowest BCUT2D eigenvalue weighted by atomic mass is 10.3. The van der Waals surface area contributed by atoms with Crippen LogP contribution in [0.4, 0.5) is 0 Å². The highest BCUT2D eigenvalue weighted by Gasteiger charge is 2.03. The third-order valence-electron chi connectivity index (χ3n) is 1.91. The zero-order valence-electron chi connectivity index (χ0n) is 6.78. The molecule has 2 heteroatoms. The zero-order chi connectivity index (χ0) is 7.84. The van der Waals surface area contributed by atoms with Crippen LogP contribution in [0.5, 0.6) is 0 Å². The third kappa shape index (κ3) is 0.909. The number of hydrogen-bond acceptors (Lipinski definition) is 0. The minimum atomic E-state index is 1.22. The lowest BCUT2D eigenvalue weighted by Crippen LogP contribution is -2.25. The van der Waals surface area contributed by atoms with Gasteiger partial charge < -0.3 is 0 Å². The van der Waals surface area contributed by atoms with Crippen LogP contribution in [0, 0.1) is 6.92 Å². The molecule has 0 saturated heterocycles. The highest BCUT2D eigenvalue weighted by molar-refractivity contribution is 5.33. The zero-order valence-corrected chi connectivity index (χ0v) is 6.78. The second kappa shape index (κ2) is 2.09. The van der Waals surface area contributed by atoms with E-state index in [1.165, 1.54) is 11.2 Å². The average molecular weight is 147 g/mol. The molecule has 0 atom stereocenters. The maximum Gasteiger partial charge on any atom is 0.285 e. The van der Waals surface area contributed by atoms with E-state index in [2.05, 4.69) is 46.6 Å². The SMILES string of the molecule is Cc1ccc2n(cc[n+]2C)c1. The summed E-state index contributed by atoms with van der Waals surface area (Å²) in [5.74, 6) is 0. The van der Waals surface area contributed by atoms with E-state index in [-0.39, 0.29) is 0 Å². The van der Waals surface area contributed by atoms with Crippen molar-refractivity contribution in [2.45, 2.75) is 6.92 Å². The fourth-order valence-corrected chi connectivity index (χ4v) is 1.29. The normalized spacial score (nSPS) is 10.7. The van der Waals surface area contributed by atoms with Crippen LogP contribution in [0.25, 0.3) is 5.65 Å². The summed E-state index contributed by atoms with van der Waals surface area (Å²) < 4.78 is 4.22. The second-order valence-electron chi connectivity index (χ2n) is 2.88. The van der Waals surface area contributed by atoms with Gasteiger partial charge in [-0.15, -0.1) is 0 Å². The first-order chi connectivity index (χ1) is 5.27. The van der Waals surface area contributed by atoms with E-state index in [4.69, 9.17) is 0 Å². The molecule has 2 aromatic rings. The molecule has 2 aromatic heterocycles. The van der Waals surface area contributed by atoms with Crippen molar-refractivity contribution in [3.63, 3.8) is 0 Å². The minimum Gasteiger partial charge on any atom is -0.233 e. The van der Waals surface area contributed by atoms with Gasteiger partial charge in [0.05, 0.1) is 13.2 Å². The molecule has 0 N–H and O–H groups in total. The number of rotatable bonds is 0. The van der Waals surface area contributed by atoms with Crippen LogP contribution in [-0.2, 0) is 7.05 Å². The quantitative estimate of drug-likeness (QED) is 0.493. The summed E-state index contributed by atoms with van der Waals surface area (Å²) in [6, 6.07) is 4.24. The largest absolute Gasteiger partial charge is 0.285 e. The summed E-state index contributed by atoms with van der Waals surface area (Å²) in [6.07, 6.45) is 6.23. The van der Waals surface area contributed by atoms with Crippen molar-refractivity contribution in [1.82, 2.24) is 4.40 Å². The topological polar surface area (TPSA) is 8.29 Å². The van der Waals surface area contributed by atoms with Gasteiger partial charge in [0.15, 0.2) is 0 Å². The predicted molar refractivity (Wildman–Crippen MR) is 43.3 cm³/mol. The fourth-order valence-electron chi connectivity index (χ4n) is 1.29. The molecule has 2 heterocycles. The van der Waals surface area contributed by atoms with E-state index in [0.717, 1.165) is 0 Å². The highest BCUT2D eigenvalue weighted by Crippen LogP contribution is 2.00. The van der Waals surface area contributed by atoms with E-state index in [0.29, 0.717) is 0 Å². The first-order valence-electron chi connectivity index (χ1n) is 3.70. The summed E-state index contributed by atoms with van der Waals surface area (Å²) in [7, 11) is 2.05. The van der Waals surface area contributed by atoms with Gasteiger partial charge in [-0.25, -0.2) is 8.97 Å². The molecule has 11 heavy (non-hydrogen) atoms. The molecule has 0 aliphatic heterocycles. The van der Waals surface area contributed by atoms with E-state index in [1.54, 1.807) is 0 Å². The van der Waals surface area contributed by atoms with Gasteiger partial charge in [-0.3, -0.25) is 0 Å². The first kappa shape index (κ1) is 6.40. The van der Waals surface area contributed by atoms with Gasteiger partial charge >= 0.3 is 0 Å². The van der Waals surface area contributed by atoms with Gasteiger partial charge in [0.2, 0.25) is 0 Å². The number of hydrogen-bond donors (Lipinski definition) is 0. The monoisotopic (exact) mass is 147 g/mol. The number of pyridine rings is 1. The summed E-state index contributed by atoms with van der Waals surface area (Å²) in [5, 5.41) is 0. The molecule has 0 aliphatic carbocycles. The van der Waals surface area contributed by atoms with Crippen molar-refractivity contribution in [1.29, 1.82) is 0 Å². The molecule has 0 amide bonds. The van der Waals surface area contributed by atoms with Gasteiger partial charge in [-0.05, 0) is 18.6 Å². The van der Waals surface area contributed by atoms with E-state index in [1.807, 2.05) is 7.05 Å². The van der Waals surface area contributed by atoms with Crippen LogP contribution >= 0.6 is 0 Å². The van der Waals surface area contributed by atoms with Gasteiger partial charge in [0, 0.05) is 6.07 Å². The van der Waals surface area contributed by atoms with Gasteiger partial charge in [0.1, 0.15) is 12.4 Å². The lowest BCUT2D eigenvalue weighted by Gasteiger charge is -1.89. The number of nitrogens with zero attached hydrogens (tertiary/aromatic N) is 2. The summed E-state index contributed by atoms with van der Waals surface area (Å²) in [6.45, 7) is 2.10. The fraction of sp³-hybridized carbons (Fsp3) is 0.222. The van der Waals surface area contributed by atoms with Crippen molar-refractivity contribution in [2.24, 2.45) is 7.05 Å². The van der Waals surface area contributed by atoms with Crippen LogP contribution in [0.3, 0.4) is 0 Å². The smallest absolute Gasteiger partial charge is 0.233 e. The molecule has 0 saturated carbocycles. The Hall–Kier alpha value is -1.31. The van der Waals surface area contributed by atoms with E-state index in [9.17, 15) is 0 Å². The number of aromatic nitrogens is 2. The third-order valence-corrected chi connectivity index (χ3v) is 1.91. The molecule has 2 rings (SSSR count). The van der Waals surface area contributed by atoms with Crippen LogP contribution in [0.2, 0.25) is 0 Å². The molecule has 2 nitrogen and oxygen atoms in total. The van der Waals surface area contributed by atoms with Crippen molar-refractivity contribution in [2.75, 3.05) is 0 Å². The van der Waals surface area contributed by atoms with Crippen molar-refractivity contribution < 1.29 is 4.57 Å². The maximum atomic E-state index is 2.12. The van der Waals surface area contributed by atoms with Crippen LogP contribution in [0.15, 0.2) is 30.7 Å². The van der Waals surface area contributed by atoms with Gasteiger partial charge in [-0.1, -0.05) is 0 Å². The van der Waals surface area contributed by atoms with Crippen molar-refractivity contribution >= 4 is 5.65 Å². The predicted octanol–water partition coefficient (Wildman–Crippen LogP) is 1.07. The molecular formula is C9H11N2+. The Morgan fingerprint density at radius 2 is 2.18 bits per heavy atom. The number of aryl methyl sites for hydroxylation is 2. The second-order valence-corrected chi connectivity index (χ2v) is 2.88. The van der Waals surface area contributed by atoms with Crippen LogP contribution < -0.4 is 4.57 Å². The number of imidazole rings is 1. The van der Waals surface area contributed by atoms with Gasteiger partial charge in [-0.2, -0.15) is 0 Å². The minimum absolute atomic E-state index is 1.22. The summed E-state index contributed by atoms with van der Waals surface area (Å²) in [5.41, 5.74) is 2.50. The Morgan fingerprint density at radius 1 is 1.36 bits per heavy atom. The lowest BCUT2D eigenvalue weighted by molar-refractivity contribution is -0.644. The number of fused-ring (bicyclic) bond motifs is 1. The molecule has 0 bridgehead atoms. The summed E-state index contributed by atoms with van der Waals surface area (Å²) in [4.78, 5) is 0. The Bertz CT molecular complexity index is 387. The molecule has 0 fully saturated rings. The Kier molecular flexibility index (Phi) is 1.22. The molecule has 0 aromatic carbocycles. The standard InChI is InChI=1S/C9H11N2/c1-8-3-4-9-10(2)5-6-11(9)7-8/h3-7H,1-2H3/q+1. The molecule has 0 radical (unpaired) electrons. The maximum absolute atomic E-state index is 2.12. The highest BCUT2D eigenvalue weighted by atomic mass is 15.1. The first-order valence-corrected chi connectivity index (χ1v) is 3.70. The molecule has 56 valence electrons. The van der Waals surface area contributed by atoms with Crippen LogP contribution in [0.1, 0.15) is 5.56 Å². The van der Waals surface area contributed by atoms with E-state index >= 15 is 0 Å². The molecule has 0 aliphatic rings.